The van der Waals surface area contributed by atoms with Crippen LogP contribution in [0.1, 0.15) is 101 Å². The van der Waals surface area contributed by atoms with Gasteiger partial charge in [0, 0.05) is 5.56 Å². The lowest BCUT2D eigenvalue weighted by Crippen LogP contribution is -2.21. The van der Waals surface area contributed by atoms with Gasteiger partial charge in [0.1, 0.15) is 0 Å². The first-order valence-electron chi connectivity index (χ1n) is 13.0. The van der Waals surface area contributed by atoms with E-state index >= 15 is 0 Å². The van der Waals surface area contributed by atoms with Gasteiger partial charge in [-0.1, -0.05) is 78.5 Å². The zero-order chi connectivity index (χ0) is 23.3. The Bertz CT molecular complexity index is 830. The first kappa shape index (κ1) is 26.0. The van der Waals surface area contributed by atoms with Crippen LogP contribution in [0.5, 0.6) is 0 Å². The van der Waals surface area contributed by atoms with Gasteiger partial charge in [0.15, 0.2) is 5.69 Å². The summed E-state index contributed by atoms with van der Waals surface area (Å²) >= 11 is 0. The predicted molar refractivity (Wildman–Crippen MR) is 142 cm³/mol. The highest BCUT2D eigenvalue weighted by Crippen LogP contribution is 2.22. The lowest BCUT2D eigenvalue weighted by molar-refractivity contribution is -0.400. The standard InChI is InChI=1S/C30H45N2/c1-7-13-25-18-17-24(21-27(25)15-9-3)23-32(12-6)30(11-5)31-29-20-19-26(14-8-2)28(22-29)16-10-4/h17-23H,7-16H2,1-6H3/q+1. The smallest absolute Gasteiger partial charge is 0.234 e. The van der Waals surface area contributed by atoms with Crippen LogP contribution in [0, 0.1) is 0 Å². The van der Waals surface area contributed by atoms with E-state index in [4.69, 9.17) is 4.99 Å². The van der Waals surface area contributed by atoms with Gasteiger partial charge in [-0.15, -0.1) is 0 Å². The number of aryl methyl sites for hydroxylation is 4. The van der Waals surface area contributed by atoms with Crippen LogP contribution in [0.3, 0.4) is 0 Å². The summed E-state index contributed by atoms with van der Waals surface area (Å²) in [5.41, 5.74) is 8.33. The van der Waals surface area contributed by atoms with Gasteiger partial charge < -0.3 is 0 Å². The average molecular weight is 434 g/mol. The van der Waals surface area contributed by atoms with Crippen molar-refractivity contribution in [1.82, 2.24) is 0 Å². The molecule has 0 fully saturated rings. The van der Waals surface area contributed by atoms with E-state index in [1.165, 1.54) is 59.9 Å². The van der Waals surface area contributed by atoms with Crippen LogP contribution in [-0.2, 0) is 25.7 Å². The molecule has 0 aliphatic rings. The van der Waals surface area contributed by atoms with Crippen LogP contribution in [0.25, 0.3) is 0 Å². The molecule has 2 rings (SSSR count). The van der Waals surface area contributed by atoms with E-state index in [9.17, 15) is 0 Å². The number of aliphatic imine (C=N–C) groups is 1. The molecular formula is C30H45N2+. The maximum atomic E-state index is 5.11. The number of benzene rings is 2. The molecule has 0 aliphatic heterocycles. The summed E-state index contributed by atoms with van der Waals surface area (Å²) in [6.07, 6.45) is 12.6. The summed E-state index contributed by atoms with van der Waals surface area (Å²) in [6.45, 7) is 14.4. The van der Waals surface area contributed by atoms with Crippen molar-refractivity contribution in [3.05, 3.63) is 64.2 Å². The summed E-state index contributed by atoms with van der Waals surface area (Å²) in [6, 6.07) is 13.8. The molecule has 2 heteroatoms. The SMILES string of the molecule is CCCc1ccc(C=[N+](CC)C(CC)=Nc2ccc(CCC)c(CCC)c2)cc1CCC. The van der Waals surface area contributed by atoms with E-state index in [0.29, 0.717) is 0 Å². The summed E-state index contributed by atoms with van der Waals surface area (Å²) in [5, 5.41) is 0. The fourth-order valence-electron chi connectivity index (χ4n) is 4.46. The van der Waals surface area contributed by atoms with Gasteiger partial charge in [-0.05, 0) is 78.1 Å². The Morgan fingerprint density at radius 3 is 1.75 bits per heavy atom. The second-order valence-corrected chi connectivity index (χ2v) is 8.78. The van der Waals surface area contributed by atoms with Gasteiger partial charge in [0.2, 0.25) is 0 Å². The molecule has 0 N–H and O–H groups in total. The number of nitrogens with zero attached hydrogens (tertiary/aromatic N) is 2. The number of rotatable bonds is 12. The van der Waals surface area contributed by atoms with Crippen LogP contribution in [0.4, 0.5) is 5.69 Å². The normalized spacial score (nSPS) is 12.4. The highest BCUT2D eigenvalue weighted by Gasteiger charge is 2.14. The Morgan fingerprint density at radius 2 is 1.22 bits per heavy atom. The van der Waals surface area contributed by atoms with Gasteiger partial charge in [-0.25, -0.2) is 4.58 Å². The van der Waals surface area contributed by atoms with Crippen molar-refractivity contribution in [2.75, 3.05) is 6.54 Å². The minimum atomic E-state index is 0.917. The Labute approximate surface area is 197 Å². The molecule has 2 aromatic carbocycles. The number of hydrogen-bond donors (Lipinski definition) is 0. The largest absolute Gasteiger partial charge is 0.298 e. The molecule has 174 valence electrons. The molecular weight excluding hydrogens is 388 g/mol. The lowest BCUT2D eigenvalue weighted by atomic mass is 9.97. The van der Waals surface area contributed by atoms with Crippen LogP contribution in [0.15, 0.2) is 41.4 Å². The van der Waals surface area contributed by atoms with Crippen molar-refractivity contribution in [2.45, 2.75) is 99.3 Å². The van der Waals surface area contributed by atoms with Gasteiger partial charge in [-0.2, -0.15) is 0 Å². The molecule has 0 spiro atoms. The highest BCUT2D eigenvalue weighted by atomic mass is 15.1. The third kappa shape index (κ3) is 7.43. The van der Waals surface area contributed by atoms with Gasteiger partial charge in [0.05, 0.1) is 19.2 Å². The van der Waals surface area contributed by atoms with E-state index in [1.54, 1.807) is 0 Å². The average Bonchev–Trinajstić information content (AvgIpc) is 2.80. The van der Waals surface area contributed by atoms with Crippen LogP contribution >= 0.6 is 0 Å². The summed E-state index contributed by atoms with van der Waals surface area (Å²) in [7, 11) is 0. The molecule has 0 aromatic heterocycles. The van der Waals surface area contributed by atoms with Crippen molar-refractivity contribution in [2.24, 2.45) is 4.99 Å². The lowest BCUT2D eigenvalue weighted by Gasteiger charge is -2.10. The molecule has 0 unspecified atom stereocenters. The first-order valence-corrected chi connectivity index (χ1v) is 13.0. The fourth-order valence-corrected chi connectivity index (χ4v) is 4.46. The molecule has 0 bridgehead atoms. The summed E-state index contributed by atoms with van der Waals surface area (Å²) in [4.78, 5) is 5.11. The van der Waals surface area contributed by atoms with Crippen LogP contribution < -0.4 is 0 Å². The van der Waals surface area contributed by atoms with Crippen molar-refractivity contribution in [3.63, 3.8) is 0 Å². The van der Waals surface area contributed by atoms with E-state index < -0.39 is 0 Å². The zero-order valence-electron chi connectivity index (χ0n) is 21.5. The Hall–Kier alpha value is -2.22. The summed E-state index contributed by atoms with van der Waals surface area (Å²) < 4.78 is 2.32. The fraction of sp³-hybridized carbons (Fsp3) is 0.533. The maximum Gasteiger partial charge on any atom is 0.298 e. The quantitative estimate of drug-likeness (QED) is 0.183. The van der Waals surface area contributed by atoms with E-state index in [2.05, 4.69) is 88.7 Å². The molecule has 0 atom stereocenters. The molecule has 2 aromatic rings. The van der Waals surface area contributed by atoms with Gasteiger partial charge in [0.25, 0.3) is 5.84 Å². The van der Waals surface area contributed by atoms with Crippen LogP contribution in [0.2, 0.25) is 0 Å². The summed E-state index contributed by atoms with van der Waals surface area (Å²) in [5.74, 6) is 1.13. The molecule has 0 saturated carbocycles. The van der Waals surface area contributed by atoms with Gasteiger partial charge >= 0.3 is 0 Å². The third-order valence-electron chi connectivity index (χ3n) is 6.05. The molecule has 0 radical (unpaired) electrons. The molecule has 32 heavy (non-hydrogen) atoms. The molecule has 0 saturated heterocycles. The van der Waals surface area contributed by atoms with Crippen molar-refractivity contribution < 1.29 is 4.58 Å². The Kier molecular flexibility index (Phi) is 11.4. The Balaban J connectivity index is 2.41. The van der Waals surface area contributed by atoms with E-state index in [1.807, 2.05) is 0 Å². The van der Waals surface area contributed by atoms with Crippen molar-refractivity contribution in [3.8, 4) is 0 Å². The minimum absolute atomic E-state index is 0.917. The van der Waals surface area contributed by atoms with E-state index in [0.717, 1.165) is 43.8 Å². The Morgan fingerprint density at radius 1 is 0.688 bits per heavy atom. The van der Waals surface area contributed by atoms with Crippen molar-refractivity contribution in [1.29, 1.82) is 0 Å². The number of hydrogen-bond acceptors (Lipinski definition) is 1. The monoisotopic (exact) mass is 433 g/mol. The first-order chi connectivity index (χ1) is 15.6. The highest BCUT2D eigenvalue weighted by molar-refractivity contribution is 5.85. The molecule has 0 heterocycles. The minimum Gasteiger partial charge on any atom is -0.234 e. The van der Waals surface area contributed by atoms with E-state index in [-0.39, 0.29) is 0 Å². The number of amidine groups is 1. The second kappa shape index (κ2) is 14.0. The zero-order valence-corrected chi connectivity index (χ0v) is 21.5. The molecule has 0 amide bonds. The van der Waals surface area contributed by atoms with Gasteiger partial charge in [-0.3, -0.25) is 0 Å². The maximum absolute atomic E-state index is 5.11. The van der Waals surface area contributed by atoms with Crippen LogP contribution in [-0.4, -0.2) is 23.2 Å². The topological polar surface area (TPSA) is 15.4 Å². The second-order valence-electron chi connectivity index (χ2n) is 8.78. The molecule has 2 nitrogen and oxygen atoms in total. The molecule has 0 aliphatic carbocycles. The third-order valence-corrected chi connectivity index (χ3v) is 6.05. The predicted octanol–water partition coefficient (Wildman–Crippen LogP) is 8.09. The van der Waals surface area contributed by atoms with Crippen molar-refractivity contribution >= 4 is 17.7 Å².